The van der Waals surface area contributed by atoms with Gasteiger partial charge in [-0.1, -0.05) is 5.57 Å². The highest BCUT2D eigenvalue weighted by atomic mass is 16.5. The lowest BCUT2D eigenvalue weighted by Gasteiger charge is -2.32. The second kappa shape index (κ2) is 6.18. The van der Waals surface area contributed by atoms with Crippen LogP contribution in [0.2, 0.25) is 0 Å². The van der Waals surface area contributed by atoms with Crippen molar-refractivity contribution >= 4 is 11.9 Å². The molecule has 0 unspecified atom stereocenters. The number of ether oxygens (including phenoxy) is 1. The molecule has 2 aliphatic carbocycles. The van der Waals surface area contributed by atoms with E-state index in [0.29, 0.717) is 25.0 Å². The quantitative estimate of drug-likeness (QED) is 0.759. The maximum Gasteiger partial charge on any atom is 0.323 e. The van der Waals surface area contributed by atoms with Crippen molar-refractivity contribution in [3.8, 4) is 0 Å². The molecule has 0 aromatic carbocycles. The number of amides is 1. The molecule has 3 rings (SSSR count). The summed E-state index contributed by atoms with van der Waals surface area (Å²) >= 11 is 0. The number of aliphatic carboxylic acids is 1. The number of carbonyl (C=O) groups is 2. The summed E-state index contributed by atoms with van der Waals surface area (Å²) in [5.41, 5.74) is 1.28. The molecule has 2 saturated carbocycles. The predicted molar refractivity (Wildman–Crippen MR) is 76.7 cm³/mol. The van der Waals surface area contributed by atoms with Crippen LogP contribution < -0.4 is 0 Å². The zero-order chi connectivity index (χ0) is 14.8. The van der Waals surface area contributed by atoms with E-state index in [0.717, 1.165) is 12.8 Å². The summed E-state index contributed by atoms with van der Waals surface area (Å²) in [4.78, 5) is 25.2. The first-order valence-corrected chi connectivity index (χ1v) is 7.96. The fourth-order valence-corrected chi connectivity index (χ4v) is 3.16. The Hall–Kier alpha value is -1.36. The lowest BCUT2D eigenvalue weighted by molar-refractivity contribution is -0.145. The summed E-state index contributed by atoms with van der Waals surface area (Å²) in [7, 11) is 0. The number of hydrogen-bond donors (Lipinski definition) is 1. The summed E-state index contributed by atoms with van der Waals surface area (Å²) < 4.78 is 5.31. The number of carbonyl (C=O) groups excluding carboxylic acids is 1. The molecule has 5 heteroatoms. The fourth-order valence-electron chi connectivity index (χ4n) is 3.16. The third kappa shape index (κ3) is 3.84. The van der Waals surface area contributed by atoms with Crippen molar-refractivity contribution in [2.75, 3.05) is 19.8 Å². The minimum Gasteiger partial charge on any atom is -0.480 e. The molecule has 3 fully saturated rings. The van der Waals surface area contributed by atoms with Crippen LogP contribution in [0.25, 0.3) is 0 Å². The molecule has 0 bridgehead atoms. The zero-order valence-electron chi connectivity index (χ0n) is 12.3. The van der Waals surface area contributed by atoms with Crippen LogP contribution in [-0.2, 0) is 14.3 Å². The molecule has 1 heterocycles. The average molecular weight is 293 g/mol. The van der Waals surface area contributed by atoms with Crippen LogP contribution in [0.1, 0.15) is 38.5 Å². The lowest BCUT2D eigenvalue weighted by Crippen LogP contribution is -2.45. The van der Waals surface area contributed by atoms with Gasteiger partial charge < -0.3 is 14.7 Å². The Kier molecular flexibility index (Phi) is 4.29. The third-order valence-corrected chi connectivity index (χ3v) is 4.61. The van der Waals surface area contributed by atoms with Gasteiger partial charge >= 0.3 is 5.97 Å². The second-order valence-corrected chi connectivity index (χ2v) is 6.40. The van der Waals surface area contributed by atoms with E-state index in [9.17, 15) is 9.59 Å². The van der Waals surface area contributed by atoms with Crippen LogP contribution in [0, 0.1) is 11.8 Å². The minimum absolute atomic E-state index is 0.00161. The normalized spacial score (nSPS) is 22.7. The Balaban J connectivity index is 1.72. The van der Waals surface area contributed by atoms with E-state index in [-0.39, 0.29) is 18.5 Å². The maximum absolute atomic E-state index is 12.6. The van der Waals surface area contributed by atoms with Gasteiger partial charge in [0.25, 0.3) is 0 Å². The van der Waals surface area contributed by atoms with Gasteiger partial charge in [0.15, 0.2) is 0 Å². The van der Waals surface area contributed by atoms with E-state index in [1.165, 1.54) is 36.2 Å². The van der Waals surface area contributed by atoms with E-state index in [1.54, 1.807) is 6.08 Å². The summed E-state index contributed by atoms with van der Waals surface area (Å²) in [6.07, 6.45) is 7.97. The highest BCUT2D eigenvalue weighted by Crippen LogP contribution is 2.48. The number of rotatable bonds is 6. The van der Waals surface area contributed by atoms with Crippen LogP contribution in [0.3, 0.4) is 0 Å². The molecule has 0 radical (unpaired) electrons. The topological polar surface area (TPSA) is 66.8 Å². The van der Waals surface area contributed by atoms with Crippen molar-refractivity contribution in [3.63, 3.8) is 0 Å². The first-order valence-electron chi connectivity index (χ1n) is 7.96. The Bertz CT molecular complexity index is 431. The first kappa shape index (κ1) is 14.6. The number of nitrogens with zero attached hydrogens (tertiary/aromatic N) is 1. The molecular formula is C16H23NO4. The molecule has 1 aliphatic heterocycles. The van der Waals surface area contributed by atoms with Crippen molar-refractivity contribution < 1.29 is 19.4 Å². The molecule has 116 valence electrons. The molecule has 1 amide bonds. The lowest BCUT2D eigenvalue weighted by atomic mass is 10.0. The highest BCUT2D eigenvalue weighted by Gasteiger charge is 2.37. The number of hydrogen-bond acceptors (Lipinski definition) is 3. The van der Waals surface area contributed by atoms with Crippen molar-refractivity contribution in [1.82, 2.24) is 4.90 Å². The highest BCUT2D eigenvalue weighted by molar-refractivity contribution is 5.91. The van der Waals surface area contributed by atoms with Gasteiger partial charge in [0.05, 0.1) is 0 Å². The van der Waals surface area contributed by atoms with Crippen molar-refractivity contribution in [2.24, 2.45) is 11.8 Å². The Morgan fingerprint density at radius 1 is 1.05 bits per heavy atom. The van der Waals surface area contributed by atoms with E-state index in [4.69, 9.17) is 9.84 Å². The number of allylic oxidation sites excluding steroid dienone is 1. The standard InChI is InChI=1S/C16H23NO4/c18-15(9-14(11-1-2-11)12-3-4-12)17(10-16(19)20)13-5-7-21-8-6-13/h9,11-13H,1-8,10H2,(H,19,20). The van der Waals surface area contributed by atoms with Crippen LogP contribution in [-0.4, -0.2) is 47.7 Å². The summed E-state index contributed by atoms with van der Waals surface area (Å²) in [6, 6.07) is -0.00161. The molecule has 1 saturated heterocycles. The monoisotopic (exact) mass is 293 g/mol. The first-order chi connectivity index (χ1) is 10.1. The van der Waals surface area contributed by atoms with Gasteiger partial charge in [0.2, 0.25) is 5.91 Å². The minimum atomic E-state index is -0.942. The molecule has 0 spiro atoms. The van der Waals surface area contributed by atoms with Gasteiger partial charge in [-0.15, -0.1) is 0 Å². The predicted octanol–water partition coefficient (Wildman–Crippen LogP) is 1.83. The van der Waals surface area contributed by atoms with E-state index in [1.807, 2.05) is 0 Å². The second-order valence-electron chi connectivity index (χ2n) is 6.40. The Morgan fingerprint density at radius 3 is 2.10 bits per heavy atom. The maximum atomic E-state index is 12.6. The SMILES string of the molecule is O=C(O)CN(C(=O)C=C(C1CC1)C1CC1)C1CCOCC1. The molecule has 3 aliphatic rings. The van der Waals surface area contributed by atoms with Crippen LogP contribution in [0.4, 0.5) is 0 Å². The molecule has 21 heavy (non-hydrogen) atoms. The van der Waals surface area contributed by atoms with Gasteiger partial charge in [-0.25, -0.2) is 0 Å². The summed E-state index contributed by atoms with van der Waals surface area (Å²) in [5, 5.41) is 9.09. The van der Waals surface area contributed by atoms with Gasteiger partial charge in [0, 0.05) is 25.3 Å². The molecule has 0 atom stereocenters. The van der Waals surface area contributed by atoms with E-state index >= 15 is 0 Å². The van der Waals surface area contributed by atoms with Gasteiger partial charge in [-0.05, 0) is 50.4 Å². The molecule has 5 nitrogen and oxygen atoms in total. The molecule has 0 aromatic heterocycles. The van der Waals surface area contributed by atoms with Crippen molar-refractivity contribution in [1.29, 1.82) is 0 Å². The van der Waals surface area contributed by atoms with Crippen LogP contribution in [0.15, 0.2) is 11.6 Å². The van der Waals surface area contributed by atoms with Crippen LogP contribution >= 0.6 is 0 Å². The van der Waals surface area contributed by atoms with E-state index < -0.39 is 5.97 Å². The number of carboxylic acids is 1. The van der Waals surface area contributed by atoms with Gasteiger partial charge in [0.1, 0.15) is 6.54 Å². The summed E-state index contributed by atoms with van der Waals surface area (Å²) in [6.45, 7) is 1.01. The summed E-state index contributed by atoms with van der Waals surface area (Å²) in [5.74, 6) is 0.117. The van der Waals surface area contributed by atoms with E-state index in [2.05, 4.69) is 0 Å². The zero-order valence-corrected chi connectivity index (χ0v) is 12.3. The average Bonchev–Trinajstić information content (AvgIpc) is 3.36. The Morgan fingerprint density at radius 2 is 1.62 bits per heavy atom. The molecule has 1 N–H and O–H groups in total. The van der Waals surface area contributed by atoms with Gasteiger partial charge in [-0.3, -0.25) is 9.59 Å². The third-order valence-electron chi connectivity index (χ3n) is 4.61. The largest absolute Gasteiger partial charge is 0.480 e. The smallest absolute Gasteiger partial charge is 0.323 e. The van der Waals surface area contributed by atoms with Crippen molar-refractivity contribution in [2.45, 2.75) is 44.6 Å². The van der Waals surface area contributed by atoms with Crippen molar-refractivity contribution in [3.05, 3.63) is 11.6 Å². The van der Waals surface area contributed by atoms with Gasteiger partial charge in [-0.2, -0.15) is 0 Å². The number of carboxylic acid groups (broad SMARTS) is 1. The fraction of sp³-hybridized carbons (Fsp3) is 0.750. The Labute approximate surface area is 124 Å². The van der Waals surface area contributed by atoms with Crippen LogP contribution in [0.5, 0.6) is 0 Å². The molecule has 0 aromatic rings. The molecular weight excluding hydrogens is 270 g/mol.